The molecule has 1 aliphatic heterocycles. The minimum absolute atomic E-state index is 0.0356. The molecular formula is C14H24N4O. The molecule has 1 amide bonds. The molecule has 1 fully saturated rings. The first-order valence-corrected chi connectivity index (χ1v) is 7.06. The van der Waals surface area contributed by atoms with E-state index in [2.05, 4.69) is 31.0 Å². The Morgan fingerprint density at radius 3 is 2.63 bits per heavy atom. The summed E-state index contributed by atoms with van der Waals surface area (Å²) in [6.45, 7) is 8.16. The van der Waals surface area contributed by atoms with Crippen molar-refractivity contribution in [3.05, 3.63) is 11.4 Å². The Hall–Kier alpha value is -1.52. The molecule has 0 spiro atoms. The Balaban J connectivity index is 2.08. The normalized spacial score (nSPS) is 18.6. The molecule has 1 aliphatic rings. The number of hydrogen-bond acceptors (Lipinski definition) is 3. The van der Waals surface area contributed by atoms with Crippen LogP contribution >= 0.6 is 0 Å². The molecular weight excluding hydrogens is 240 g/mol. The van der Waals surface area contributed by atoms with Crippen LogP contribution in [-0.2, 0) is 6.42 Å². The van der Waals surface area contributed by atoms with E-state index in [0.717, 1.165) is 44.5 Å². The summed E-state index contributed by atoms with van der Waals surface area (Å²) in [5.74, 6) is -0.0356. The van der Waals surface area contributed by atoms with Gasteiger partial charge in [0.05, 0.1) is 11.4 Å². The third-order valence-electron chi connectivity index (χ3n) is 3.99. The summed E-state index contributed by atoms with van der Waals surface area (Å²) in [6.07, 6.45) is 3.88. The van der Waals surface area contributed by atoms with E-state index in [-0.39, 0.29) is 5.91 Å². The van der Waals surface area contributed by atoms with E-state index in [4.69, 9.17) is 5.73 Å². The molecule has 0 unspecified atom stereocenters. The van der Waals surface area contributed by atoms with Crippen LogP contribution in [0.1, 0.15) is 56.2 Å². The lowest BCUT2D eigenvalue weighted by Crippen LogP contribution is -2.41. The lowest BCUT2D eigenvalue weighted by atomic mass is 9.82. The number of aryl methyl sites for hydroxylation is 1. The summed E-state index contributed by atoms with van der Waals surface area (Å²) < 4.78 is 0. The number of amides is 1. The molecule has 0 aliphatic carbocycles. The van der Waals surface area contributed by atoms with Crippen molar-refractivity contribution in [2.24, 2.45) is 5.41 Å². The van der Waals surface area contributed by atoms with Crippen molar-refractivity contribution in [3.63, 3.8) is 0 Å². The Labute approximate surface area is 114 Å². The number of carbonyl (C=O) groups is 1. The van der Waals surface area contributed by atoms with E-state index in [0.29, 0.717) is 16.8 Å². The number of nitrogens with one attached hydrogen (secondary N) is 1. The van der Waals surface area contributed by atoms with Crippen molar-refractivity contribution in [2.45, 2.75) is 46.5 Å². The second-order valence-corrected chi connectivity index (χ2v) is 6.17. The molecule has 1 saturated heterocycles. The second-order valence-electron chi connectivity index (χ2n) is 6.17. The molecule has 0 saturated carbocycles. The molecule has 0 bridgehead atoms. The van der Waals surface area contributed by atoms with Crippen molar-refractivity contribution >= 4 is 11.6 Å². The fraction of sp³-hybridized carbons (Fsp3) is 0.714. The Bertz CT molecular complexity index is 454. The van der Waals surface area contributed by atoms with Crippen molar-refractivity contribution in [3.8, 4) is 0 Å². The largest absolute Gasteiger partial charge is 0.395 e. The van der Waals surface area contributed by atoms with Gasteiger partial charge in [0.15, 0.2) is 5.69 Å². The number of likely N-dealkylation sites (tertiary alicyclic amines) is 1. The van der Waals surface area contributed by atoms with E-state index >= 15 is 0 Å². The van der Waals surface area contributed by atoms with Crippen molar-refractivity contribution < 1.29 is 4.79 Å². The molecule has 0 atom stereocenters. The Morgan fingerprint density at radius 1 is 1.42 bits per heavy atom. The van der Waals surface area contributed by atoms with Crippen LogP contribution in [0, 0.1) is 5.41 Å². The number of nitrogens with two attached hydrogens (primary N) is 1. The monoisotopic (exact) mass is 264 g/mol. The molecule has 2 rings (SSSR count). The van der Waals surface area contributed by atoms with Gasteiger partial charge >= 0.3 is 0 Å². The smallest absolute Gasteiger partial charge is 0.276 e. The van der Waals surface area contributed by atoms with Gasteiger partial charge < -0.3 is 10.6 Å². The Kier molecular flexibility index (Phi) is 3.83. The molecule has 3 N–H and O–H groups in total. The highest BCUT2D eigenvalue weighted by Gasteiger charge is 2.30. The summed E-state index contributed by atoms with van der Waals surface area (Å²) in [7, 11) is 0. The first-order valence-electron chi connectivity index (χ1n) is 7.06. The van der Waals surface area contributed by atoms with Gasteiger partial charge in [-0.1, -0.05) is 27.2 Å². The van der Waals surface area contributed by atoms with Crippen LogP contribution in [0.15, 0.2) is 0 Å². The van der Waals surface area contributed by atoms with Gasteiger partial charge in [0.2, 0.25) is 0 Å². The summed E-state index contributed by atoms with van der Waals surface area (Å²) in [6, 6.07) is 0. The Morgan fingerprint density at radius 2 is 2.05 bits per heavy atom. The molecule has 0 aromatic carbocycles. The maximum absolute atomic E-state index is 12.4. The van der Waals surface area contributed by atoms with Crippen LogP contribution in [0.2, 0.25) is 0 Å². The van der Waals surface area contributed by atoms with E-state index < -0.39 is 0 Å². The standard InChI is InChI=1S/C14H24N4O/c1-4-5-10-11(15)12(17-16-10)13(19)18-8-6-14(2,3)7-9-18/h4-9,15H2,1-3H3,(H,16,17). The van der Waals surface area contributed by atoms with Crippen LogP contribution in [-0.4, -0.2) is 34.1 Å². The zero-order chi connectivity index (χ0) is 14.0. The predicted octanol–water partition coefficient (Wildman–Crippen LogP) is 2.21. The predicted molar refractivity (Wildman–Crippen MR) is 75.9 cm³/mol. The van der Waals surface area contributed by atoms with Crippen LogP contribution in [0.4, 0.5) is 5.69 Å². The average Bonchev–Trinajstić information content (AvgIpc) is 2.71. The van der Waals surface area contributed by atoms with Gasteiger partial charge in [-0.2, -0.15) is 5.10 Å². The van der Waals surface area contributed by atoms with E-state index in [1.807, 2.05) is 4.90 Å². The number of anilines is 1. The average molecular weight is 264 g/mol. The maximum Gasteiger partial charge on any atom is 0.276 e. The number of aromatic amines is 1. The zero-order valence-electron chi connectivity index (χ0n) is 12.1. The van der Waals surface area contributed by atoms with Crippen molar-refractivity contribution in [2.75, 3.05) is 18.8 Å². The number of H-pyrrole nitrogens is 1. The zero-order valence-corrected chi connectivity index (χ0v) is 12.1. The fourth-order valence-corrected chi connectivity index (χ4v) is 2.46. The molecule has 106 valence electrons. The van der Waals surface area contributed by atoms with E-state index in [1.54, 1.807) is 0 Å². The minimum atomic E-state index is -0.0356. The SMILES string of the molecule is CCCc1[nH]nc(C(=O)N2CCC(C)(C)CC2)c1N. The highest BCUT2D eigenvalue weighted by atomic mass is 16.2. The number of piperidine rings is 1. The molecule has 5 nitrogen and oxygen atoms in total. The lowest BCUT2D eigenvalue weighted by molar-refractivity contribution is 0.0625. The fourth-order valence-electron chi connectivity index (χ4n) is 2.46. The van der Waals surface area contributed by atoms with Crippen LogP contribution in [0.25, 0.3) is 0 Å². The number of nitrogen functional groups attached to an aromatic ring is 1. The minimum Gasteiger partial charge on any atom is -0.395 e. The number of hydrogen-bond donors (Lipinski definition) is 2. The molecule has 19 heavy (non-hydrogen) atoms. The summed E-state index contributed by atoms with van der Waals surface area (Å²) >= 11 is 0. The van der Waals surface area contributed by atoms with Gasteiger partial charge in [0.1, 0.15) is 0 Å². The quantitative estimate of drug-likeness (QED) is 0.879. The van der Waals surface area contributed by atoms with Gasteiger partial charge in [-0.05, 0) is 24.7 Å². The van der Waals surface area contributed by atoms with Crippen molar-refractivity contribution in [1.29, 1.82) is 0 Å². The number of rotatable bonds is 3. The van der Waals surface area contributed by atoms with Crippen LogP contribution < -0.4 is 5.73 Å². The van der Waals surface area contributed by atoms with Gasteiger partial charge in [-0.25, -0.2) is 0 Å². The number of carbonyl (C=O) groups excluding carboxylic acids is 1. The molecule has 2 heterocycles. The maximum atomic E-state index is 12.4. The van der Waals surface area contributed by atoms with E-state index in [9.17, 15) is 4.79 Å². The van der Waals surface area contributed by atoms with Gasteiger partial charge in [-0.15, -0.1) is 0 Å². The summed E-state index contributed by atoms with van der Waals surface area (Å²) in [5.41, 5.74) is 8.14. The first-order chi connectivity index (χ1) is 8.94. The second kappa shape index (κ2) is 5.23. The molecule has 1 aromatic heterocycles. The molecule has 1 aromatic rings. The first kappa shape index (κ1) is 13.9. The summed E-state index contributed by atoms with van der Waals surface area (Å²) in [5, 5.41) is 6.99. The highest BCUT2D eigenvalue weighted by Crippen LogP contribution is 2.30. The topological polar surface area (TPSA) is 75.0 Å². The number of aromatic nitrogens is 2. The van der Waals surface area contributed by atoms with Gasteiger partial charge in [0, 0.05) is 13.1 Å². The molecule has 0 radical (unpaired) electrons. The van der Waals surface area contributed by atoms with Crippen molar-refractivity contribution in [1.82, 2.24) is 15.1 Å². The number of nitrogens with zero attached hydrogens (tertiary/aromatic N) is 2. The third-order valence-corrected chi connectivity index (χ3v) is 3.99. The van der Waals surface area contributed by atoms with Gasteiger partial charge in [-0.3, -0.25) is 9.89 Å². The van der Waals surface area contributed by atoms with Crippen LogP contribution in [0.3, 0.4) is 0 Å². The van der Waals surface area contributed by atoms with E-state index in [1.165, 1.54) is 0 Å². The van der Waals surface area contributed by atoms with Gasteiger partial charge in [0.25, 0.3) is 5.91 Å². The highest BCUT2D eigenvalue weighted by molar-refractivity contribution is 5.97. The lowest BCUT2D eigenvalue weighted by Gasteiger charge is -2.36. The summed E-state index contributed by atoms with van der Waals surface area (Å²) in [4.78, 5) is 14.3. The molecule has 5 heteroatoms. The van der Waals surface area contributed by atoms with Crippen LogP contribution in [0.5, 0.6) is 0 Å². The third kappa shape index (κ3) is 2.91.